The van der Waals surface area contributed by atoms with Gasteiger partial charge < -0.3 is 40.5 Å². The van der Waals surface area contributed by atoms with E-state index in [4.69, 9.17) is 30.7 Å². The van der Waals surface area contributed by atoms with Crippen LogP contribution in [0, 0.1) is 5.92 Å². The highest BCUT2D eigenvalue weighted by molar-refractivity contribution is 9.10. The molecule has 40 heavy (non-hydrogen) atoms. The molecule has 5 N–H and O–H groups in total. The second-order valence-corrected chi connectivity index (χ2v) is 11.4. The summed E-state index contributed by atoms with van der Waals surface area (Å²) in [6, 6.07) is 3.81. The lowest BCUT2D eigenvalue weighted by molar-refractivity contribution is -0.140. The number of amides is 2. The van der Waals surface area contributed by atoms with Crippen molar-refractivity contribution in [3.63, 3.8) is 0 Å². The van der Waals surface area contributed by atoms with Crippen molar-refractivity contribution in [2.75, 3.05) is 38.7 Å². The highest BCUT2D eigenvalue weighted by atomic mass is 79.9. The molecule has 5 rings (SSSR count). The lowest BCUT2D eigenvalue weighted by Gasteiger charge is -2.33. The van der Waals surface area contributed by atoms with E-state index in [1.807, 2.05) is 12.1 Å². The van der Waals surface area contributed by atoms with E-state index < -0.39 is 12.2 Å². The Morgan fingerprint density at radius 2 is 2.00 bits per heavy atom. The van der Waals surface area contributed by atoms with Crippen molar-refractivity contribution in [1.82, 2.24) is 29.7 Å². The molecule has 1 fully saturated rings. The average molecular weight is 636 g/mol. The monoisotopic (exact) mass is 634 g/mol. The molecule has 0 unspecified atom stereocenters. The molecule has 1 saturated heterocycles. The van der Waals surface area contributed by atoms with Crippen LogP contribution in [0.1, 0.15) is 26.2 Å². The Bertz CT molecular complexity index is 1400. The summed E-state index contributed by atoms with van der Waals surface area (Å²) in [6.45, 7) is 4.27. The van der Waals surface area contributed by atoms with Gasteiger partial charge in [-0.15, -0.1) is 0 Å². The van der Waals surface area contributed by atoms with Crippen molar-refractivity contribution in [3.05, 3.63) is 22.9 Å². The fourth-order valence-electron chi connectivity index (χ4n) is 4.73. The Morgan fingerprint density at radius 1 is 1.25 bits per heavy atom. The maximum absolute atomic E-state index is 12.8. The molecule has 0 bridgehead atoms. The van der Waals surface area contributed by atoms with E-state index in [1.54, 1.807) is 11.8 Å². The number of imidazole rings is 1. The van der Waals surface area contributed by atoms with Crippen LogP contribution in [-0.4, -0.2) is 75.5 Å². The number of alkyl carbamates (subject to hydrolysis) is 1. The molecule has 0 spiro atoms. The maximum Gasteiger partial charge on any atom is 0.407 e. The second kappa shape index (κ2) is 12.5. The molecule has 3 aromatic rings. The molecule has 0 radical (unpaired) electrons. The van der Waals surface area contributed by atoms with Crippen LogP contribution in [0.5, 0.6) is 11.5 Å². The number of aromatic nitrogens is 4. The third-order valence-electron chi connectivity index (χ3n) is 6.89. The molecule has 2 aliphatic heterocycles. The number of nitrogens with zero attached hydrogens (tertiary/aromatic N) is 5. The van der Waals surface area contributed by atoms with Gasteiger partial charge in [0.25, 0.3) is 5.91 Å². The Kier molecular flexibility index (Phi) is 8.81. The SMILES string of the molecule is C[C@H](OC(=O)NCCN)C(=O)N1CCC(CCn2c(Sc3cc4c(cc3Br)OCO4)nc3c(N)ncnc32)CC1. The summed E-state index contributed by atoms with van der Waals surface area (Å²) in [4.78, 5) is 40.6. The van der Waals surface area contributed by atoms with Gasteiger partial charge in [0.1, 0.15) is 6.33 Å². The summed E-state index contributed by atoms with van der Waals surface area (Å²) >= 11 is 5.11. The van der Waals surface area contributed by atoms with Gasteiger partial charge in [-0.25, -0.2) is 19.7 Å². The summed E-state index contributed by atoms with van der Waals surface area (Å²) in [7, 11) is 0. The van der Waals surface area contributed by atoms with Crippen molar-refractivity contribution in [1.29, 1.82) is 0 Å². The van der Waals surface area contributed by atoms with E-state index in [0.29, 0.717) is 67.1 Å². The number of nitrogens with two attached hydrogens (primary N) is 2. The van der Waals surface area contributed by atoms with E-state index >= 15 is 0 Å². The van der Waals surface area contributed by atoms with Crippen LogP contribution in [0.15, 0.2) is 33.0 Å². The number of nitrogen functional groups attached to an aromatic ring is 1. The van der Waals surface area contributed by atoms with Crippen LogP contribution >= 0.6 is 27.7 Å². The lowest BCUT2D eigenvalue weighted by atomic mass is 9.93. The van der Waals surface area contributed by atoms with Gasteiger partial charge >= 0.3 is 6.09 Å². The number of rotatable bonds is 9. The predicted octanol–water partition coefficient (Wildman–Crippen LogP) is 2.75. The molecule has 15 heteroatoms. The smallest absolute Gasteiger partial charge is 0.407 e. The first-order chi connectivity index (χ1) is 19.3. The topological polar surface area (TPSA) is 173 Å². The molecule has 4 heterocycles. The molecule has 2 amide bonds. The third kappa shape index (κ3) is 6.20. The van der Waals surface area contributed by atoms with E-state index in [-0.39, 0.29) is 12.7 Å². The molecular formula is C25H31BrN8O5S. The number of carbonyl (C=O) groups excluding carboxylic acids is 2. The van der Waals surface area contributed by atoms with E-state index in [2.05, 4.69) is 35.8 Å². The second-order valence-electron chi connectivity index (χ2n) is 9.54. The molecule has 2 aliphatic rings. The molecule has 2 aromatic heterocycles. The van der Waals surface area contributed by atoms with Crippen molar-refractivity contribution in [2.45, 2.75) is 48.9 Å². The first kappa shape index (κ1) is 28.2. The van der Waals surface area contributed by atoms with Crippen molar-refractivity contribution in [2.24, 2.45) is 11.7 Å². The minimum absolute atomic E-state index is 0.192. The van der Waals surface area contributed by atoms with Gasteiger partial charge in [-0.1, -0.05) is 11.8 Å². The number of piperidine rings is 1. The van der Waals surface area contributed by atoms with Gasteiger partial charge in [-0.3, -0.25) is 4.79 Å². The van der Waals surface area contributed by atoms with Crippen LogP contribution in [-0.2, 0) is 16.1 Å². The molecule has 214 valence electrons. The van der Waals surface area contributed by atoms with Crippen molar-refractivity contribution < 1.29 is 23.8 Å². The van der Waals surface area contributed by atoms with Gasteiger partial charge in [0.15, 0.2) is 39.7 Å². The number of carbonyl (C=O) groups is 2. The van der Waals surface area contributed by atoms with E-state index in [0.717, 1.165) is 33.8 Å². The van der Waals surface area contributed by atoms with Gasteiger partial charge in [-0.2, -0.15) is 0 Å². The van der Waals surface area contributed by atoms with E-state index in [9.17, 15) is 9.59 Å². The number of likely N-dealkylation sites (tertiary alicyclic amines) is 1. The largest absolute Gasteiger partial charge is 0.454 e. The van der Waals surface area contributed by atoms with Gasteiger partial charge in [-0.05, 0) is 60.2 Å². The van der Waals surface area contributed by atoms with E-state index in [1.165, 1.54) is 18.1 Å². The minimum atomic E-state index is -0.855. The van der Waals surface area contributed by atoms with Crippen LogP contribution in [0.25, 0.3) is 11.2 Å². The average Bonchev–Trinajstić information content (AvgIpc) is 3.55. The van der Waals surface area contributed by atoms with Crippen molar-refractivity contribution >= 4 is 56.7 Å². The number of ether oxygens (including phenoxy) is 3. The highest BCUT2D eigenvalue weighted by Gasteiger charge is 2.28. The van der Waals surface area contributed by atoms with Crippen LogP contribution in [0.2, 0.25) is 0 Å². The number of aryl methyl sites for hydroxylation is 1. The number of fused-ring (bicyclic) bond motifs is 2. The quantitative estimate of drug-likeness (QED) is 0.316. The van der Waals surface area contributed by atoms with Gasteiger partial charge in [0, 0.05) is 42.1 Å². The Morgan fingerprint density at radius 3 is 2.75 bits per heavy atom. The number of benzene rings is 1. The summed E-state index contributed by atoms with van der Waals surface area (Å²) in [5, 5.41) is 3.25. The third-order valence-corrected chi connectivity index (χ3v) is 8.86. The summed E-state index contributed by atoms with van der Waals surface area (Å²) in [5.41, 5.74) is 12.8. The maximum atomic E-state index is 12.8. The summed E-state index contributed by atoms with van der Waals surface area (Å²) < 4.78 is 19.2. The fraction of sp³-hybridized carbons (Fsp3) is 0.480. The predicted molar refractivity (Wildman–Crippen MR) is 151 cm³/mol. The number of hydrogen-bond acceptors (Lipinski definition) is 11. The molecule has 1 aromatic carbocycles. The van der Waals surface area contributed by atoms with Crippen LogP contribution in [0.3, 0.4) is 0 Å². The van der Waals surface area contributed by atoms with Crippen molar-refractivity contribution in [3.8, 4) is 11.5 Å². The molecule has 0 aliphatic carbocycles. The Labute approximate surface area is 243 Å². The summed E-state index contributed by atoms with van der Waals surface area (Å²) in [5.74, 6) is 1.92. The first-order valence-electron chi connectivity index (χ1n) is 13.0. The van der Waals surface area contributed by atoms with Gasteiger partial charge in [0.2, 0.25) is 6.79 Å². The van der Waals surface area contributed by atoms with Crippen LogP contribution in [0.4, 0.5) is 10.6 Å². The zero-order chi connectivity index (χ0) is 28.2. The number of nitrogens with one attached hydrogen (secondary N) is 1. The number of anilines is 1. The van der Waals surface area contributed by atoms with Crippen LogP contribution < -0.4 is 26.3 Å². The fourth-order valence-corrected chi connectivity index (χ4v) is 6.24. The molecule has 0 saturated carbocycles. The standard InChI is InChI=1S/C25H31BrN8O5S/c1-14(39-25(36)29-6-5-27)23(35)33-7-2-15(3-8-33)4-9-34-22-20(21(28)30-12-31-22)32-24(34)40-19-11-18-17(10-16(19)26)37-13-38-18/h10-12,14-15H,2-9,13,27H2,1H3,(H,29,36)(H2,28,30,31)/t14-/m0/s1. The number of hydrogen-bond donors (Lipinski definition) is 3. The van der Waals surface area contributed by atoms with Gasteiger partial charge in [0.05, 0.1) is 0 Å². The lowest BCUT2D eigenvalue weighted by Crippen LogP contribution is -2.45. The minimum Gasteiger partial charge on any atom is -0.454 e. The zero-order valence-electron chi connectivity index (χ0n) is 22.0. The molecule has 13 nitrogen and oxygen atoms in total. The Balaban J connectivity index is 1.23. The Hall–Kier alpha value is -3.30. The molecule has 1 atom stereocenters. The first-order valence-corrected chi connectivity index (χ1v) is 14.6. The summed E-state index contributed by atoms with van der Waals surface area (Å²) in [6.07, 6.45) is 2.52. The highest BCUT2D eigenvalue weighted by Crippen LogP contribution is 2.43. The normalized spacial score (nSPS) is 15.8. The number of halogens is 1. The molecular weight excluding hydrogens is 604 g/mol. The zero-order valence-corrected chi connectivity index (χ0v) is 24.4.